The summed E-state index contributed by atoms with van der Waals surface area (Å²) in [6.07, 6.45) is 8.76. The number of aliphatic hydroxyl groups is 1. The zero-order chi connectivity index (χ0) is 14.1. The van der Waals surface area contributed by atoms with Crippen LogP contribution in [0.2, 0.25) is 0 Å². The summed E-state index contributed by atoms with van der Waals surface area (Å²) in [6, 6.07) is 0. The Morgan fingerprint density at radius 2 is 2.16 bits per heavy atom. The molecule has 1 saturated carbocycles. The maximum Gasteiger partial charge on any atom is 0.111 e. The number of aromatic nitrogens is 2. The van der Waals surface area contributed by atoms with Gasteiger partial charge in [0.15, 0.2) is 0 Å². The van der Waals surface area contributed by atoms with Crippen molar-refractivity contribution in [3.05, 3.63) is 18.2 Å². The number of aryl methyl sites for hydroxylation is 1. The van der Waals surface area contributed by atoms with Crippen molar-refractivity contribution < 1.29 is 5.11 Å². The highest BCUT2D eigenvalue weighted by Gasteiger charge is 2.43. The van der Waals surface area contributed by atoms with E-state index in [1.807, 2.05) is 12.4 Å². The molecular weight excluding hydrogens is 236 g/mol. The van der Waals surface area contributed by atoms with Gasteiger partial charge in [-0.05, 0) is 37.0 Å². The molecule has 1 aliphatic carbocycles. The Morgan fingerprint density at radius 1 is 1.42 bits per heavy atom. The average molecular weight is 264 g/mol. The first-order valence-corrected chi connectivity index (χ1v) is 7.59. The standard InChI is InChI=1S/C16H28N2O/c1-5-9-18-10-8-17-14(18)12-16(19)7-6-15(3,4)11-13(16)2/h8,10,13,19H,5-7,9,11-12H2,1-4H3. The minimum Gasteiger partial charge on any atom is -0.389 e. The molecule has 0 amide bonds. The SMILES string of the molecule is CCCn1ccnc1CC1(O)CCC(C)(C)CC1C. The third-order valence-electron chi connectivity index (χ3n) is 4.74. The fourth-order valence-electron chi connectivity index (χ4n) is 3.41. The zero-order valence-electron chi connectivity index (χ0n) is 12.8. The van der Waals surface area contributed by atoms with Crippen LogP contribution in [0.15, 0.2) is 12.4 Å². The molecule has 1 N–H and O–H groups in total. The van der Waals surface area contributed by atoms with Crippen molar-refractivity contribution in [3.8, 4) is 0 Å². The lowest BCUT2D eigenvalue weighted by Crippen LogP contribution is -2.46. The summed E-state index contributed by atoms with van der Waals surface area (Å²) in [6.45, 7) is 9.96. The molecule has 1 aliphatic rings. The van der Waals surface area contributed by atoms with E-state index in [1.54, 1.807) is 0 Å². The van der Waals surface area contributed by atoms with Crippen LogP contribution in [0.3, 0.4) is 0 Å². The van der Waals surface area contributed by atoms with Crippen molar-refractivity contribution in [2.45, 2.75) is 71.9 Å². The van der Waals surface area contributed by atoms with Crippen LogP contribution >= 0.6 is 0 Å². The molecule has 1 heterocycles. The second-order valence-corrected chi connectivity index (χ2v) is 7.09. The Bertz CT molecular complexity index is 424. The largest absolute Gasteiger partial charge is 0.389 e. The number of nitrogens with zero attached hydrogens (tertiary/aromatic N) is 2. The van der Waals surface area contributed by atoms with Crippen molar-refractivity contribution in [1.29, 1.82) is 0 Å². The molecule has 1 aromatic heterocycles. The van der Waals surface area contributed by atoms with Gasteiger partial charge in [-0.25, -0.2) is 4.98 Å². The number of hydrogen-bond acceptors (Lipinski definition) is 2. The predicted molar refractivity (Wildman–Crippen MR) is 78.0 cm³/mol. The first kappa shape index (κ1) is 14.6. The van der Waals surface area contributed by atoms with E-state index in [0.717, 1.165) is 38.1 Å². The Balaban J connectivity index is 2.11. The van der Waals surface area contributed by atoms with Gasteiger partial charge in [0.25, 0.3) is 0 Å². The van der Waals surface area contributed by atoms with E-state index in [1.165, 1.54) is 0 Å². The molecule has 3 nitrogen and oxygen atoms in total. The van der Waals surface area contributed by atoms with E-state index in [0.29, 0.717) is 17.8 Å². The van der Waals surface area contributed by atoms with E-state index in [2.05, 4.69) is 37.2 Å². The minimum absolute atomic E-state index is 0.336. The molecule has 0 aromatic carbocycles. The van der Waals surface area contributed by atoms with Crippen LogP contribution in [0.4, 0.5) is 0 Å². The van der Waals surface area contributed by atoms with Crippen molar-refractivity contribution in [1.82, 2.24) is 9.55 Å². The summed E-state index contributed by atoms with van der Waals surface area (Å²) >= 11 is 0. The molecule has 3 heteroatoms. The van der Waals surface area contributed by atoms with E-state index >= 15 is 0 Å². The number of imidazole rings is 1. The minimum atomic E-state index is -0.577. The van der Waals surface area contributed by atoms with Gasteiger partial charge in [0.2, 0.25) is 0 Å². The highest BCUT2D eigenvalue weighted by atomic mass is 16.3. The molecule has 19 heavy (non-hydrogen) atoms. The molecule has 0 saturated heterocycles. The summed E-state index contributed by atoms with van der Waals surface area (Å²) < 4.78 is 2.18. The van der Waals surface area contributed by atoms with Gasteiger partial charge in [-0.1, -0.05) is 27.7 Å². The molecule has 0 aliphatic heterocycles. The molecular formula is C16H28N2O. The van der Waals surface area contributed by atoms with Crippen molar-refractivity contribution in [2.24, 2.45) is 11.3 Å². The van der Waals surface area contributed by atoms with Crippen LogP contribution in [-0.4, -0.2) is 20.3 Å². The molecule has 2 rings (SSSR count). The Kier molecular flexibility index (Phi) is 4.05. The van der Waals surface area contributed by atoms with Gasteiger partial charge in [-0.15, -0.1) is 0 Å². The molecule has 108 valence electrons. The highest BCUT2D eigenvalue weighted by Crippen LogP contribution is 2.45. The molecule has 0 spiro atoms. The third-order valence-corrected chi connectivity index (χ3v) is 4.74. The lowest BCUT2D eigenvalue weighted by molar-refractivity contribution is -0.0720. The Hall–Kier alpha value is -0.830. The molecule has 0 radical (unpaired) electrons. The second kappa shape index (κ2) is 5.28. The fourth-order valence-corrected chi connectivity index (χ4v) is 3.41. The van der Waals surface area contributed by atoms with E-state index in [9.17, 15) is 5.11 Å². The summed E-state index contributed by atoms with van der Waals surface area (Å²) in [7, 11) is 0. The van der Waals surface area contributed by atoms with E-state index in [-0.39, 0.29) is 0 Å². The highest BCUT2D eigenvalue weighted by molar-refractivity contribution is 5.03. The summed E-state index contributed by atoms with van der Waals surface area (Å²) in [4.78, 5) is 4.45. The average Bonchev–Trinajstić information content (AvgIpc) is 2.73. The molecule has 0 bridgehead atoms. The quantitative estimate of drug-likeness (QED) is 0.905. The maximum absolute atomic E-state index is 11.0. The van der Waals surface area contributed by atoms with Crippen LogP contribution in [0.25, 0.3) is 0 Å². The van der Waals surface area contributed by atoms with Crippen molar-refractivity contribution in [2.75, 3.05) is 0 Å². The zero-order valence-corrected chi connectivity index (χ0v) is 12.8. The lowest BCUT2D eigenvalue weighted by atomic mass is 9.64. The van der Waals surface area contributed by atoms with E-state index < -0.39 is 5.60 Å². The van der Waals surface area contributed by atoms with Crippen molar-refractivity contribution >= 4 is 0 Å². The first-order valence-electron chi connectivity index (χ1n) is 7.59. The van der Waals surface area contributed by atoms with E-state index in [4.69, 9.17) is 0 Å². The summed E-state index contributed by atoms with van der Waals surface area (Å²) in [5, 5.41) is 11.0. The third kappa shape index (κ3) is 3.19. The fraction of sp³-hybridized carbons (Fsp3) is 0.812. The second-order valence-electron chi connectivity index (χ2n) is 7.09. The topological polar surface area (TPSA) is 38.0 Å². The van der Waals surface area contributed by atoms with Crippen LogP contribution in [0.1, 0.15) is 59.2 Å². The van der Waals surface area contributed by atoms with Gasteiger partial charge in [-0.3, -0.25) is 0 Å². The van der Waals surface area contributed by atoms with Crippen LogP contribution in [0, 0.1) is 11.3 Å². The van der Waals surface area contributed by atoms with Crippen molar-refractivity contribution in [3.63, 3.8) is 0 Å². The molecule has 2 atom stereocenters. The molecule has 1 aromatic rings. The normalized spacial score (nSPS) is 30.5. The predicted octanol–water partition coefficient (Wildman–Crippen LogP) is 3.41. The molecule has 1 fully saturated rings. The smallest absolute Gasteiger partial charge is 0.111 e. The Morgan fingerprint density at radius 3 is 2.79 bits per heavy atom. The Labute approximate surface area is 117 Å². The maximum atomic E-state index is 11.0. The van der Waals surface area contributed by atoms with Gasteiger partial charge < -0.3 is 9.67 Å². The first-order chi connectivity index (χ1) is 8.86. The lowest BCUT2D eigenvalue weighted by Gasteiger charge is -2.45. The van der Waals surface area contributed by atoms with Crippen LogP contribution < -0.4 is 0 Å². The number of hydrogen-bond donors (Lipinski definition) is 1. The van der Waals surface area contributed by atoms with Crippen LogP contribution in [0.5, 0.6) is 0 Å². The monoisotopic (exact) mass is 264 g/mol. The van der Waals surface area contributed by atoms with Crippen LogP contribution in [-0.2, 0) is 13.0 Å². The summed E-state index contributed by atoms with van der Waals surface area (Å²) in [5.74, 6) is 1.37. The molecule has 2 unspecified atom stereocenters. The van der Waals surface area contributed by atoms with Gasteiger partial charge in [0.05, 0.1) is 5.60 Å². The number of rotatable bonds is 4. The summed E-state index contributed by atoms with van der Waals surface area (Å²) in [5.41, 5.74) is -0.211. The van der Waals surface area contributed by atoms with Gasteiger partial charge in [0, 0.05) is 25.4 Å². The van der Waals surface area contributed by atoms with Gasteiger partial charge in [0.1, 0.15) is 5.82 Å². The van der Waals surface area contributed by atoms with Gasteiger partial charge >= 0.3 is 0 Å². The van der Waals surface area contributed by atoms with Gasteiger partial charge in [-0.2, -0.15) is 0 Å².